The van der Waals surface area contributed by atoms with Crippen LogP contribution < -0.4 is 10.6 Å². The summed E-state index contributed by atoms with van der Waals surface area (Å²) in [5, 5.41) is 0. The van der Waals surface area contributed by atoms with Crippen LogP contribution in [0.2, 0.25) is 0 Å². The lowest BCUT2D eigenvalue weighted by Gasteiger charge is -2.33. The molecule has 1 unspecified atom stereocenters. The van der Waals surface area contributed by atoms with Gasteiger partial charge in [-0.15, -0.1) is 0 Å². The molecule has 30 heavy (non-hydrogen) atoms. The molecule has 1 aliphatic rings. The summed E-state index contributed by atoms with van der Waals surface area (Å²) in [6.07, 6.45) is 1.18. The van der Waals surface area contributed by atoms with E-state index in [2.05, 4.69) is 19.9 Å². The summed E-state index contributed by atoms with van der Waals surface area (Å²) in [5.41, 5.74) is 7.67. The Kier molecular flexibility index (Phi) is 5.40. The summed E-state index contributed by atoms with van der Waals surface area (Å²) in [4.78, 5) is 16.2. The third-order valence-electron chi connectivity index (χ3n) is 4.94. The Labute approximate surface area is 175 Å². The van der Waals surface area contributed by atoms with Gasteiger partial charge in [-0.1, -0.05) is 12.1 Å². The highest BCUT2D eigenvalue weighted by Gasteiger charge is 2.25. The molecule has 1 fully saturated rings. The van der Waals surface area contributed by atoms with Crippen molar-refractivity contribution < 1.29 is 13.2 Å². The normalized spacial score (nSPS) is 17.1. The first-order chi connectivity index (χ1) is 14.3. The number of sulfone groups is 1. The fraction of sp³-hybridized carbons (Fsp3) is 0.286. The first kappa shape index (κ1) is 20.2. The lowest BCUT2D eigenvalue weighted by atomic mass is 10.1. The van der Waals surface area contributed by atoms with Crippen LogP contribution in [0.4, 0.5) is 11.6 Å². The zero-order chi connectivity index (χ0) is 21.3. The van der Waals surface area contributed by atoms with Crippen molar-refractivity contribution in [1.82, 2.24) is 15.0 Å². The molecule has 0 bridgehead atoms. The van der Waals surface area contributed by atoms with E-state index >= 15 is 0 Å². The molecule has 0 saturated carbocycles. The quantitative estimate of drug-likeness (QED) is 0.635. The number of hydrogen-bond acceptors (Lipinski definition) is 8. The SMILES string of the molecule is CC1COCCN1c1nc(-c2ccc(N)cc2)nc(-c2ccccc2S(C)(=O)=O)n1. The van der Waals surface area contributed by atoms with Gasteiger partial charge in [0.15, 0.2) is 21.5 Å². The molecule has 0 spiro atoms. The summed E-state index contributed by atoms with van der Waals surface area (Å²) in [7, 11) is -3.46. The van der Waals surface area contributed by atoms with Crippen LogP contribution in [0.15, 0.2) is 53.4 Å². The standard InChI is InChI=1S/C21H23N5O3S/c1-14-13-29-12-11-26(14)21-24-19(15-7-9-16(22)10-8-15)23-20(25-21)17-5-3-4-6-18(17)30(2,27)28/h3-10,14H,11-13,22H2,1-2H3. The molecule has 2 heterocycles. The van der Waals surface area contributed by atoms with Crippen LogP contribution in [0, 0.1) is 0 Å². The number of ether oxygens (including phenoxy) is 1. The van der Waals surface area contributed by atoms with Crippen LogP contribution in [0.3, 0.4) is 0 Å². The van der Waals surface area contributed by atoms with Crippen molar-refractivity contribution in [2.45, 2.75) is 17.9 Å². The Bertz CT molecular complexity index is 1170. The second-order valence-electron chi connectivity index (χ2n) is 7.29. The third kappa shape index (κ3) is 4.12. The Balaban J connectivity index is 1.92. The molecule has 3 aromatic rings. The molecule has 0 radical (unpaired) electrons. The lowest BCUT2D eigenvalue weighted by molar-refractivity contribution is 0.0981. The molecular weight excluding hydrogens is 402 g/mol. The van der Waals surface area contributed by atoms with E-state index in [-0.39, 0.29) is 10.9 Å². The van der Waals surface area contributed by atoms with Crippen LogP contribution in [0.5, 0.6) is 0 Å². The Morgan fingerprint density at radius 3 is 2.43 bits per heavy atom. The molecule has 4 rings (SSSR count). The van der Waals surface area contributed by atoms with Gasteiger partial charge in [0.05, 0.1) is 24.2 Å². The Hall–Kier alpha value is -3.04. The predicted molar refractivity (Wildman–Crippen MR) is 116 cm³/mol. The maximum atomic E-state index is 12.3. The second-order valence-corrected chi connectivity index (χ2v) is 9.27. The van der Waals surface area contributed by atoms with Crippen molar-refractivity contribution in [3.05, 3.63) is 48.5 Å². The van der Waals surface area contributed by atoms with Crippen molar-refractivity contribution in [2.24, 2.45) is 0 Å². The minimum absolute atomic E-state index is 0.0819. The van der Waals surface area contributed by atoms with Crippen LogP contribution in [0.1, 0.15) is 6.92 Å². The van der Waals surface area contributed by atoms with Crippen LogP contribution in [0.25, 0.3) is 22.8 Å². The van der Waals surface area contributed by atoms with E-state index in [9.17, 15) is 8.42 Å². The topological polar surface area (TPSA) is 111 Å². The smallest absolute Gasteiger partial charge is 0.229 e. The van der Waals surface area contributed by atoms with Gasteiger partial charge >= 0.3 is 0 Å². The minimum Gasteiger partial charge on any atom is -0.399 e. The second kappa shape index (κ2) is 8.00. The molecule has 9 heteroatoms. The number of nitrogens with zero attached hydrogens (tertiary/aromatic N) is 4. The number of hydrogen-bond donors (Lipinski definition) is 1. The Morgan fingerprint density at radius 1 is 1.03 bits per heavy atom. The van der Waals surface area contributed by atoms with Gasteiger partial charge < -0.3 is 15.4 Å². The van der Waals surface area contributed by atoms with Crippen LogP contribution in [-0.2, 0) is 14.6 Å². The maximum absolute atomic E-state index is 12.3. The molecule has 156 valence electrons. The monoisotopic (exact) mass is 425 g/mol. The van der Waals surface area contributed by atoms with Crippen LogP contribution >= 0.6 is 0 Å². The predicted octanol–water partition coefficient (Wildman–Crippen LogP) is 2.42. The molecule has 8 nitrogen and oxygen atoms in total. The molecule has 1 aliphatic heterocycles. The van der Waals surface area contributed by atoms with E-state index in [1.165, 1.54) is 6.26 Å². The van der Waals surface area contributed by atoms with Gasteiger partial charge in [0, 0.05) is 29.6 Å². The number of nitrogens with two attached hydrogens (primary N) is 1. The summed E-state index contributed by atoms with van der Waals surface area (Å²) < 4.78 is 30.2. The number of aromatic nitrogens is 3. The average Bonchev–Trinajstić information content (AvgIpc) is 2.74. The van der Waals surface area contributed by atoms with Gasteiger partial charge in [0.1, 0.15) is 0 Å². The van der Waals surface area contributed by atoms with Crippen molar-refractivity contribution in [3.8, 4) is 22.8 Å². The molecule has 2 N–H and O–H groups in total. The fourth-order valence-electron chi connectivity index (χ4n) is 3.37. The average molecular weight is 426 g/mol. The largest absolute Gasteiger partial charge is 0.399 e. The number of rotatable bonds is 4. The summed E-state index contributed by atoms with van der Waals surface area (Å²) in [6.45, 7) is 3.82. The minimum atomic E-state index is -3.46. The molecule has 1 atom stereocenters. The van der Waals surface area contributed by atoms with E-state index < -0.39 is 9.84 Å². The van der Waals surface area contributed by atoms with Crippen molar-refractivity contribution >= 4 is 21.5 Å². The van der Waals surface area contributed by atoms with E-state index in [4.69, 9.17) is 10.5 Å². The van der Waals surface area contributed by atoms with E-state index in [1.54, 1.807) is 36.4 Å². The summed E-state index contributed by atoms with van der Waals surface area (Å²) in [5.74, 6) is 1.26. The van der Waals surface area contributed by atoms with E-state index in [0.29, 0.717) is 48.6 Å². The summed E-state index contributed by atoms with van der Waals surface area (Å²) in [6, 6.07) is 14.0. The van der Waals surface area contributed by atoms with Gasteiger partial charge in [-0.3, -0.25) is 0 Å². The van der Waals surface area contributed by atoms with Crippen molar-refractivity contribution in [2.75, 3.05) is 36.6 Å². The van der Waals surface area contributed by atoms with Gasteiger partial charge in [-0.05, 0) is 43.3 Å². The first-order valence-electron chi connectivity index (χ1n) is 9.59. The van der Waals surface area contributed by atoms with Crippen LogP contribution in [-0.4, -0.2) is 55.4 Å². The molecule has 1 aromatic heterocycles. The molecular formula is C21H23N5O3S. The van der Waals surface area contributed by atoms with Gasteiger partial charge in [0.2, 0.25) is 5.95 Å². The van der Waals surface area contributed by atoms with Crippen molar-refractivity contribution in [3.63, 3.8) is 0 Å². The van der Waals surface area contributed by atoms with E-state index in [0.717, 1.165) is 5.56 Å². The molecule has 0 aliphatic carbocycles. The summed E-state index contributed by atoms with van der Waals surface area (Å²) >= 11 is 0. The third-order valence-corrected chi connectivity index (χ3v) is 6.10. The van der Waals surface area contributed by atoms with Gasteiger partial charge in [-0.2, -0.15) is 9.97 Å². The van der Waals surface area contributed by atoms with Gasteiger partial charge in [-0.25, -0.2) is 13.4 Å². The zero-order valence-corrected chi connectivity index (χ0v) is 17.6. The highest BCUT2D eigenvalue weighted by Crippen LogP contribution is 2.29. The molecule has 2 aromatic carbocycles. The number of nitrogen functional groups attached to an aromatic ring is 1. The van der Waals surface area contributed by atoms with Gasteiger partial charge in [0.25, 0.3) is 0 Å². The Morgan fingerprint density at radius 2 is 1.73 bits per heavy atom. The zero-order valence-electron chi connectivity index (χ0n) is 16.8. The number of benzene rings is 2. The molecule has 0 amide bonds. The number of morpholine rings is 1. The highest BCUT2D eigenvalue weighted by atomic mass is 32.2. The fourth-order valence-corrected chi connectivity index (χ4v) is 4.26. The number of anilines is 2. The molecule has 1 saturated heterocycles. The van der Waals surface area contributed by atoms with Crippen molar-refractivity contribution in [1.29, 1.82) is 0 Å². The van der Waals surface area contributed by atoms with E-state index in [1.807, 2.05) is 19.1 Å². The maximum Gasteiger partial charge on any atom is 0.229 e. The highest BCUT2D eigenvalue weighted by molar-refractivity contribution is 7.90. The first-order valence-corrected chi connectivity index (χ1v) is 11.5. The lowest BCUT2D eigenvalue weighted by Crippen LogP contribution is -2.44.